The van der Waals surface area contributed by atoms with Gasteiger partial charge in [-0.3, -0.25) is 10.3 Å². The fraction of sp³-hybridized carbons (Fsp3) is 0.440. The molecule has 0 heterocycles. The van der Waals surface area contributed by atoms with Gasteiger partial charge in [0, 0.05) is 32.4 Å². The molecule has 33 heavy (non-hydrogen) atoms. The van der Waals surface area contributed by atoms with E-state index in [-0.39, 0.29) is 24.0 Å². The molecule has 8 heteroatoms. The van der Waals surface area contributed by atoms with Crippen LogP contribution < -0.4 is 16.0 Å². The molecule has 1 amide bonds. The molecule has 2 aromatic rings. The minimum absolute atomic E-state index is 0. The lowest BCUT2D eigenvalue weighted by atomic mass is 10.1. The number of hydrogen-bond donors (Lipinski definition) is 3. The Balaban J connectivity index is 0.00000544. The molecule has 0 radical (unpaired) electrons. The number of rotatable bonds is 9. The number of carbonyl (C=O) groups is 1. The second kappa shape index (κ2) is 14.7. The zero-order valence-electron chi connectivity index (χ0n) is 20.2. The summed E-state index contributed by atoms with van der Waals surface area (Å²) >= 11 is 0. The van der Waals surface area contributed by atoms with Crippen molar-refractivity contribution in [1.29, 1.82) is 0 Å². The third kappa shape index (κ3) is 11.4. The van der Waals surface area contributed by atoms with Crippen molar-refractivity contribution in [2.75, 3.05) is 25.5 Å². The molecular weight excluding hydrogens is 531 g/mol. The molecule has 0 fully saturated rings. The van der Waals surface area contributed by atoms with Crippen LogP contribution >= 0.6 is 24.0 Å². The normalized spacial score (nSPS) is 11.4. The third-order valence-electron chi connectivity index (χ3n) is 4.56. The Hall–Kier alpha value is -2.33. The summed E-state index contributed by atoms with van der Waals surface area (Å²) in [6.07, 6.45) is 0.374. The van der Waals surface area contributed by atoms with Crippen LogP contribution in [0.5, 0.6) is 0 Å². The van der Waals surface area contributed by atoms with Crippen molar-refractivity contribution in [2.45, 2.75) is 52.9 Å². The maximum absolute atomic E-state index is 11.9. The number of ether oxygens (including phenoxy) is 2. The topological polar surface area (TPSA) is 84.0 Å². The lowest BCUT2D eigenvalue weighted by Crippen LogP contribution is -2.38. The Morgan fingerprint density at radius 3 is 2.27 bits per heavy atom. The lowest BCUT2D eigenvalue weighted by Gasteiger charge is -2.19. The number of aliphatic imine (C=N–C) groups is 1. The first kappa shape index (κ1) is 28.7. The molecule has 0 saturated heterocycles. The van der Waals surface area contributed by atoms with E-state index in [1.54, 1.807) is 7.05 Å². The van der Waals surface area contributed by atoms with Crippen LogP contribution in [0.3, 0.4) is 0 Å². The molecule has 0 aromatic heterocycles. The lowest BCUT2D eigenvalue weighted by molar-refractivity contribution is 0.0636. The number of anilines is 1. The van der Waals surface area contributed by atoms with E-state index in [4.69, 9.17) is 9.47 Å². The minimum Gasteiger partial charge on any atom is -0.444 e. The monoisotopic (exact) mass is 568 g/mol. The molecule has 2 rings (SSSR count). The first-order valence-corrected chi connectivity index (χ1v) is 11.0. The van der Waals surface area contributed by atoms with E-state index in [1.807, 2.05) is 64.1 Å². The first-order chi connectivity index (χ1) is 15.3. The number of benzene rings is 2. The maximum Gasteiger partial charge on any atom is 0.412 e. The number of nitrogens with one attached hydrogen (secondary N) is 3. The van der Waals surface area contributed by atoms with Crippen molar-refractivity contribution in [3.63, 3.8) is 0 Å². The number of hydrogen-bond acceptors (Lipinski definition) is 4. The fourth-order valence-electron chi connectivity index (χ4n) is 2.98. The van der Waals surface area contributed by atoms with Crippen LogP contribution in [0, 0.1) is 0 Å². The van der Waals surface area contributed by atoms with Crippen LogP contribution in [-0.4, -0.2) is 37.9 Å². The Labute approximate surface area is 214 Å². The SMILES string of the molecule is CCOCc1ccccc1CNC(=NC)NCCc1ccc(NC(=O)OC(C)(C)C)cc1.I. The zero-order valence-corrected chi connectivity index (χ0v) is 22.6. The number of amides is 1. The van der Waals surface area contributed by atoms with Gasteiger partial charge >= 0.3 is 6.09 Å². The molecule has 0 aliphatic rings. The maximum atomic E-state index is 11.9. The van der Waals surface area contributed by atoms with Crippen molar-refractivity contribution in [3.8, 4) is 0 Å². The van der Waals surface area contributed by atoms with E-state index < -0.39 is 11.7 Å². The van der Waals surface area contributed by atoms with Gasteiger partial charge in [-0.15, -0.1) is 24.0 Å². The van der Waals surface area contributed by atoms with Gasteiger partial charge < -0.3 is 20.1 Å². The molecule has 7 nitrogen and oxygen atoms in total. The van der Waals surface area contributed by atoms with E-state index >= 15 is 0 Å². The molecule has 182 valence electrons. The summed E-state index contributed by atoms with van der Waals surface area (Å²) in [6, 6.07) is 16.0. The van der Waals surface area contributed by atoms with Gasteiger partial charge in [0.25, 0.3) is 0 Å². The summed E-state index contributed by atoms with van der Waals surface area (Å²) in [5.74, 6) is 0.749. The number of carbonyl (C=O) groups excluding carboxylic acids is 1. The van der Waals surface area contributed by atoms with Gasteiger partial charge in [-0.05, 0) is 62.9 Å². The number of nitrogens with zero attached hydrogens (tertiary/aromatic N) is 1. The number of guanidine groups is 1. The molecule has 0 spiro atoms. The summed E-state index contributed by atoms with van der Waals surface area (Å²) in [5, 5.41) is 9.45. The van der Waals surface area contributed by atoms with E-state index in [1.165, 1.54) is 11.1 Å². The van der Waals surface area contributed by atoms with Crippen LogP contribution in [0.1, 0.15) is 44.4 Å². The summed E-state index contributed by atoms with van der Waals surface area (Å²) in [6.45, 7) is 10.2. The van der Waals surface area contributed by atoms with Crippen molar-refractivity contribution < 1.29 is 14.3 Å². The van der Waals surface area contributed by atoms with E-state index in [0.717, 1.165) is 24.5 Å². The van der Waals surface area contributed by atoms with Gasteiger partial charge in [-0.25, -0.2) is 4.79 Å². The van der Waals surface area contributed by atoms with Crippen LogP contribution in [0.2, 0.25) is 0 Å². The fourth-order valence-corrected chi connectivity index (χ4v) is 2.98. The van der Waals surface area contributed by atoms with Crippen LogP contribution in [0.15, 0.2) is 53.5 Å². The molecule has 0 atom stereocenters. The Bertz CT molecular complexity index is 880. The molecule has 3 N–H and O–H groups in total. The van der Waals surface area contributed by atoms with E-state index in [2.05, 4.69) is 33.1 Å². The quantitative estimate of drug-likeness (QED) is 0.223. The van der Waals surface area contributed by atoms with E-state index in [0.29, 0.717) is 25.4 Å². The smallest absolute Gasteiger partial charge is 0.412 e. The van der Waals surface area contributed by atoms with Crippen LogP contribution in [0.4, 0.5) is 10.5 Å². The zero-order chi connectivity index (χ0) is 23.4. The molecule has 0 saturated carbocycles. The second-order valence-electron chi connectivity index (χ2n) is 8.33. The summed E-state index contributed by atoms with van der Waals surface area (Å²) < 4.78 is 10.8. The predicted molar refractivity (Wildman–Crippen MR) is 145 cm³/mol. The molecule has 2 aromatic carbocycles. The van der Waals surface area contributed by atoms with Crippen molar-refractivity contribution in [2.24, 2.45) is 4.99 Å². The highest BCUT2D eigenvalue weighted by atomic mass is 127. The summed E-state index contributed by atoms with van der Waals surface area (Å²) in [7, 11) is 1.76. The Morgan fingerprint density at radius 1 is 1.00 bits per heavy atom. The predicted octanol–water partition coefficient (Wildman–Crippen LogP) is 5.10. The van der Waals surface area contributed by atoms with Gasteiger partial charge in [0.05, 0.1) is 6.61 Å². The number of halogens is 1. The largest absolute Gasteiger partial charge is 0.444 e. The molecule has 0 bridgehead atoms. The molecule has 0 unspecified atom stereocenters. The van der Waals surface area contributed by atoms with Gasteiger partial charge in [-0.1, -0.05) is 36.4 Å². The molecule has 0 aliphatic heterocycles. The Morgan fingerprint density at radius 2 is 1.67 bits per heavy atom. The Kier molecular flexibility index (Phi) is 12.8. The first-order valence-electron chi connectivity index (χ1n) is 11.0. The minimum atomic E-state index is -0.520. The molecular formula is C25H37IN4O3. The highest BCUT2D eigenvalue weighted by molar-refractivity contribution is 14.0. The van der Waals surface area contributed by atoms with Crippen LogP contribution in [0.25, 0.3) is 0 Å². The van der Waals surface area contributed by atoms with E-state index in [9.17, 15) is 4.79 Å². The van der Waals surface area contributed by atoms with Crippen molar-refractivity contribution >= 4 is 41.7 Å². The second-order valence-corrected chi connectivity index (χ2v) is 8.33. The highest BCUT2D eigenvalue weighted by Gasteiger charge is 2.16. The highest BCUT2D eigenvalue weighted by Crippen LogP contribution is 2.13. The summed E-state index contributed by atoms with van der Waals surface area (Å²) in [5.41, 5.74) is 3.71. The van der Waals surface area contributed by atoms with Crippen LogP contribution in [-0.2, 0) is 29.0 Å². The van der Waals surface area contributed by atoms with Gasteiger partial charge in [0.2, 0.25) is 0 Å². The average Bonchev–Trinajstić information content (AvgIpc) is 2.75. The standard InChI is InChI=1S/C25H36N4O3.HI/c1-6-31-18-21-10-8-7-9-20(21)17-28-23(26-5)27-16-15-19-11-13-22(14-12-19)29-24(30)32-25(2,3)4;/h7-14H,6,15-18H2,1-5H3,(H,29,30)(H2,26,27,28);1H. The average molecular weight is 569 g/mol. The van der Waals surface area contributed by atoms with Gasteiger partial charge in [-0.2, -0.15) is 0 Å². The van der Waals surface area contributed by atoms with Gasteiger partial charge in [0.15, 0.2) is 5.96 Å². The third-order valence-corrected chi connectivity index (χ3v) is 4.56. The summed E-state index contributed by atoms with van der Waals surface area (Å²) in [4.78, 5) is 16.2. The van der Waals surface area contributed by atoms with Crippen molar-refractivity contribution in [1.82, 2.24) is 10.6 Å². The molecule has 0 aliphatic carbocycles. The van der Waals surface area contributed by atoms with Gasteiger partial charge in [0.1, 0.15) is 5.60 Å². The van der Waals surface area contributed by atoms with Crippen molar-refractivity contribution in [3.05, 3.63) is 65.2 Å².